The van der Waals surface area contributed by atoms with E-state index in [-0.39, 0.29) is 30.1 Å². The number of benzene rings is 1. The molecular formula is C18H27BrClIN4O2. The van der Waals surface area contributed by atoms with E-state index in [9.17, 15) is 4.79 Å². The molecule has 1 aromatic rings. The molecule has 2 N–H and O–H groups in total. The first-order valence-corrected chi connectivity index (χ1v) is 10.0. The second kappa shape index (κ2) is 12.7. The maximum absolute atomic E-state index is 11.7. The van der Waals surface area contributed by atoms with Gasteiger partial charge in [-0.25, -0.2) is 4.79 Å². The molecule has 2 rings (SSSR count). The molecule has 6 nitrogen and oxygen atoms in total. The number of guanidine groups is 1. The van der Waals surface area contributed by atoms with Gasteiger partial charge in [0, 0.05) is 42.2 Å². The van der Waals surface area contributed by atoms with Gasteiger partial charge in [0.2, 0.25) is 0 Å². The Labute approximate surface area is 191 Å². The van der Waals surface area contributed by atoms with Crippen LogP contribution in [0.2, 0.25) is 5.02 Å². The van der Waals surface area contributed by atoms with Crippen LogP contribution >= 0.6 is 51.5 Å². The third kappa shape index (κ3) is 8.03. The highest BCUT2D eigenvalue weighted by Crippen LogP contribution is 2.21. The van der Waals surface area contributed by atoms with Crippen LogP contribution < -0.4 is 10.6 Å². The lowest BCUT2D eigenvalue weighted by Gasteiger charge is -2.32. The number of ether oxygens (including phenoxy) is 1. The number of aliphatic imine (C=N–C) groups is 1. The molecule has 1 amide bonds. The van der Waals surface area contributed by atoms with Crippen LogP contribution in [0.5, 0.6) is 0 Å². The number of likely N-dealkylation sites (tertiary alicyclic amines) is 1. The fraction of sp³-hybridized carbons (Fsp3) is 0.556. The Morgan fingerprint density at radius 2 is 2.11 bits per heavy atom. The zero-order valence-electron chi connectivity index (χ0n) is 15.6. The van der Waals surface area contributed by atoms with Crippen molar-refractivity contribution in [2.45, 2.75) is 32.2 Å². The largest absolute Gasteiger partial charge is 0.450 e. The molecule has 1 heterocycles. The fourth-order valence-electron chi connectivity index (χ4n) is 2.86. The predicted octanol–water partition coefficient (Wildman–Crippen LogP) is 4.05. The van der Waals surface area contributed by atoms with Gasteiger partial charge in [0.15, 0.2) is 5.96 Å². The van der Waals surface area contributed by atoms with E-state index in [0.717, 1.165) is 46.8 Å². The average molecular weight is 574 g/mol. The van der Waals surface area contributed by atoms with Gasteiger partial charge in [-0.15, -0.1) is 24.0 Å². The van der Waals surface area contributed by atoms with E-state index in [1.807, 2.05) is 25.1 Å². The first kappa shape index (κ1) is 24.3. The summed E-state index contributed by atoms with van der Waals surface area (Å²) in [6.45, 7) is 4.38. The second-order valence-corrected chi connectivity index (χ2v) is 7.38. The van der Waals surface area contributed by atoms with E-state index in [0.29, 0.717) is 25.7 Å². The molecule has 1 aliphatic rings. The van der Waals surface area contributed by atoms with Crippen LogP contribution in [-0.2, 0) is 11.2 Å². The molecule has 0 spiro atoms. The van der Waals surface area contributed by atoms with Crippen LogP contribution in [0.4, 0.5) is 4.79 Å². The van der Waals surface area contributed by atoms with Crippen molar-refractivity contribution < 1.29 is 9.53 Å². The van der Waals surface area contributed by atoms with Crippen LogP contribution in [0.1, 0.15) is 25.3 Å². The molecule has 1 fully saturated rings. The van der Waals surface area contributed by atoms with Gasteiger partial charge in [0.25, 0.3) is 0 Å². The molecular weight excluding hydrogens is 546 g/mol. The number of hydrogen-bond acceptors (Lipinski definition) is 3. The monoisotopic (exact) mass is 572 g/mol. The van der Waals surface area contributed by atoms with Crippen molar-refractivity contribution >= 4 is 63.6 Å². The minimum absolute atomic E-state index is 0. The number of carbonyl (C=O) groups is 1. The van der Waals surface area contributed by atoms with Crippen LogP contribution in [0, 0.1) is 0 Å². The summed E-state index contributed by atoms with van der Waals surface area (Å²) in [5.74, 6) is 0.776. The van der Waals surface area contributed by atoms with E-state index < -0.39 is 0 Å². The summed E-state index contributed by atoms with van der Waals surface area (Å²) in [7, 11) is 1.76. The molecule has 0 bridgehead atoms. The summed E-state index contributed by atoms with van der Waals surface area (Å²) in [6.07, 6.45) is 2.36. The van der Waals surface area contributed by atoms with E-state index in [1.54, 1.807) is 11.9 Å². The molecule has 0 aliphatic carbocycles. The maximum atomic E-state index is 11.7. The average Bonchev–Trinajstić information content (AvgIpc) is 2.64. The van der Waals surface area contributed by atoms with Crippen LogP contribution in [0.15, 0.2) is 27.7 Å². The molecule has 0 aromatic heterocycles. The van der Waals surface area contributed by atoms with Gasteiger partial charge in [-0.05, 0) is 49.9 Å². The third-order valence-electron chi connectivity index (χ3n) is 4.28. The van der Waals surface area contributed by atoms with Crippen molar-refractivity contribution in [3.63, 3.8) is 0 Å². The van der Waals surface area contributed by atoms with Gasteiger partial charge in [-0.2, -0.15) is 0 Å². The molecule has 1 saturated heterocycles. The highest BCUT2D eigenvalue weighted by molar-refractivity contribution is 14.0. The van der Waals surface area contributed by atoms with Crippen molar-refractivity contribution in [1.82, 2.24) is 15.5 Å². The number of amides is 1. The summed E-state index contributed by atoms with van der Waals surface area (Å²) in [6, 6.07) is 6.09. The SMILES string of the molecule is CCOC(=O)N1CCC(NC(=NC)NCCc2cc(Cl)ccc2Br)CC1.I. The Balaban J connectivity index is 0.00000364. The van der Waals surface area contributed by atoms with Gasteiger partial charge < -0.3 is 20.3 Å². The molecule has 9 heteroatoms. The van der Waals surface area contributed by atoms with Gasteiger partial charge in [0.05, 0.1) is 6.61 Å². The highest BCUT2D eigenvalue weighted by atomic mass is 127. The van der Waals surface area contributed by atoms with E-state index in [4.69, 9.17) is 16.3 Å². The smallest absolute Gasteiger partial charge is 0.409 e. The van der Waals surface area contributed by atoms with Gasteiger partial charge in [0.1, 0.15) is 0 Å². The molecule has 27 heavy (non-hydrogen) atoms. The zero-order chi connectivity index (χ0) is 18.9. The van der Waals surface area contributed by atoms with E-state index in [1.165, 1.54) is 0 Å². The molecule has 1 aromatic carbocycles. The van der Waals surface area contributed by atoms with Gasteiger partial charge >= 0.3 is 6.09 Å². The standard InChI is InChI=1S/C18H26BrClN4O2.HI/c1-3-26-18(25)24-10-7-15(8-11-24)23-17(21-2)22-9-6-13-12-14(20)4-5-16(13)19;/h4-5,12,15H,3,6-11H2,1-2H3,(H2,21,22,23);1H. The first-order valence-electron chi connectivity index (χ1n) is 8.86. The van der Waals surface area contributed by atoms with Crippen molar-refractivity contribution in [3.05, 3.63) is 33.3 Å². The second-order valence-electron chi connectivity index (χ2n) is 6.09. The topological polar surface area (TPSA) is 66.0 Å². The quantitative estimate of drug-likeness (QED) is 0.317. The summed E-state index contributed by atoms with van der Waals surface area (Å²) in [5.41, 5.74) is 1.16. The molecule has 0 radical (unpaired) electrons. The lowest BCUT2D eigenvalue weighted by atomic mass is 10.1. The Hall–Kier alpha value is -0.740. The predicted molar refractivity (Wildman–Crippen MR) is 124 cm³/mol. The number of hydrogen-bond donors (Lipinski definition) is 2. The van der Waals surface area contributed by atoms with Crippen LogP contribution in [-0.4, -0.2) is 56.3 Å². The third-order valence-corrected chi connectivity index (χ3v) is 5.29. The van der Waals surface area contributed by atoms with Gasteiger partial charge in [-0.3, -0.25) is 4.99 Å². The molecule has 0 unspecified atom stereocenters. The number of carbonyl (C=O) groups excluding carboxylic acids is 1. The summed E-state index contributed by atoms with van der Waals surface area (Å²) >= 11 is 9.60. The maximum Gasteiger partial charge on any atom is 0.409 e. The lowest BCUT2D eigenvalue weighted by Crippen LogP contribution is -2.50. The molecule has 0 saturated carbocycles. The van der Waals surface area contributed by atoms with Gasteiger partial charge in [-0.1, -0.05) is 27.5 Å². The number of nitrogens with one attached hydrogen (secondary N) is 2. The normalized spacial score (nSPS) is 15.1. The Morgan fingerprint density at radius 3 is 2.74 bits per heavy atom. The summed E-state index contributed by atoms with van der Waals surface area (Å²) in [5, 5.41) is 7.50. The van der Waals surface area contributed by atoms with Crippen molar-refractivity contribution in [2.24, 2.45) is 4.99 Å². The van der Waals surface area contributed by atoms with Crippen molar-refractivity contribution in [3.8, 4) is 0 Å². The minimum Gasteiger partial charge on any atom is -0.450 e. The Kier molecular flexibility index (Phi) is 11.4. The summed E-state index contributed by atoms with van der Waals surface area (Å²) in [4.78, 5) is 17.8. The fourth-order valence-corrected chi connectivity index (χ4v) is 3.50. The lowest BCUT2D eigenvalue weighted by molar-refractivity contribution is 0.0963. The molecule has 0 atom stereocenters. The number of nitrogens with zero attached hydrogens (tertiary/aromatic N) is 2. The van der Waals surface area contributed by atoms with Crippen LogP contribution in [0.25, 0.3) is 0 Å². The zero-order valence-corrected chi connectivity index (χ0v) is 20.3. The molecule has 1 aliphatic heterocycles. The van der Waals surface area contributed by atoms with Crippen LogP contribution in [0.3, 0.4) is 0 Å². The van der Waals surface area contributed by atoms with E-state index in [2.05, 4.69) is 31.6 Å². The number of rotatable bonds is 5. The molecule has 152 valence electrons. The van der Waals surface area contributed by atoms with Crippen molar-refractivity contribution in [1.29, 1.82) is 0 Å². The first-order chi connectivity index (χ1) is 12.5. The van der Waals surface area contributed by atoms with Crippen molar-refractivity contribution in [2.75, 3.05) is 33.3 Å². The van der Waals surface area contributed by atoms with E-state index >= 15 is 0 Å². The highest BCUT2D eigenvalue weighted by Gasteiger charge is 2.23. The number of halogens is 3. The Morgan fingerprint density at radius 1 is 1.41 bits per heavy atom. The minimum atomic E-state index is -0.222. The number of piperidine rings is 1. The summed E-state index contributed by atoms with van der Waals surface area (Å²) < 4.78 is 6.10. The Bertz CT molecular complexity index is 640.